The first-order valence-corrected chi connectivity index (χ1v) is 6.23. The van der Waals surface area contributed by atoms with Gasteiger partial charge in [-0.15, -0.1) is 0 Å². The highest BCUT2D eigenvalue weighted by molar-refractivity contribution is 5.73. The summed E-state index contributed by atoms with van der Waals surface area (Å²) in [7, 11) is 0. The van der Waals surface area contributed by atoms with E-state index in [1.807, 2.05) is 6.08 Å². The largest absolute Gasteiger partial charge is 0.362 e. The molecular weight excluding hydrogens is 224 g/mol. The van der Waals surface area contributed by atoms with Gasteiger partial charge in [0.2, 0.25) is 0 Å². The molecule has 0 heterocycles. The summed E-state index contributed by atoms with van der Waals surface area (Å²) in [6, 6.07) is 2.14. The monoisotopic (exact) mass is 244 g/mol. The Hall–Kier alpha value is -1.38. The van der Waals surface area contributed by atoms with E-state index in [-0.39, 0.29) is 6.42 Å². The molecule has 1 aliphatic rings. The second-order valence-electron chi connectivity index (χ2n) is 5.22. The standard InChI is InChI=1S/C16H20O2/c1-10-8-15(13(4)12(3)11(10)2)14-6-5-7-16(17,18)9-14/h5-8,17-18H,9H2,1-4H3. The normalized spacial score (nSPS) is 17.8. The Balaban J connectivity index is 2.54. The number of hydrogen-bond donors (Lipinski definition) is 2. The van der Waals surface area contributed by atoms with E-state index in [1.54, 1.807) is 6.08 Å². The van der Waals surface area contributed by atoms with Crippen LogP contribution in [-0.4, -0.2) is 16.0 Å². The van der Waals surface area contributed by atoms with Gasteiger partial charge in [0.1, 0.15) is 0 Å². The van der Waals surface area contributed by atoms with Crippen LogP contribution in [0.5, 0.6) is 0 Å². The van der Waals surface area contributed by atoms with Gasteiger partial charge in [0.15, 0.2) is 5.79 Å². The van der Waals surface area contributed by atoms with Crippen LogP contribution in [0.4, 0.5) is 0 Å². The molecule has 18 heavy (non-hydrogen) atoms. The van der Waals surface area contributed by atoms with Gasteiger partial charge in [0.25, 0.3) is 0 Å². The third-order valence-electron chi connectivity index (χ3n) is 3.94. The Kier molecular flexibility index (Phi) is 3.18. The topological polar surface area (TPSA) is 40.5 Å². The Labute approximate surface area is 108 Å². The fourth-order valence-electron chi connectivity index (χ4n) is 2.45. The predicted molar refractivity (Wildman–Crippen MR) is 74.3 cm³/mol. The maximum Gasteiger partial charge on any atom is 0.187 e. The van der Waals surface area contributed by atoms with Gasteiger partial charge >= 0.3 is 0 Å². The number of benzene rings is 1. The summed E-state index contributed by atoms with van der Waals surface area (Å²) < 4.78 is 0. The van der Waals surface area contributed by atoms with E-state index in [0.29, 0.717) is 0 Å². The summed E-state index contributed by atoms with van der Waals surface area (Å²) in [5.41, 5.74) is 7.14. The summed E-state index contributed by atoms with van der Waals surface area (Å²) in [4.78, 5) is 0. The number of rotatable bonds is 1. The highest BCUT2D eigenvalue weighted by Gasteiger charge is 2.25. The molecule has 0 amide bonds. The summed E-state index contributed by atoms with van der Waals surface area (Å²) in [5.74, 6) is -1.72. The van der Waals surface area contributed by atoms with Crippen LogP contribution in [0.2, 0.25) is 0 Å². The van der Waals surface area contributed by atoms with Crippen LogP contribution in [0.3, 0.4) is 0 Å². The van der Waals surface area contributed by atoms with Crippen LogP contribution in [0.25, 0.3) is 5.57 Å². The van der Waals surface area contributed by atoms with E-state index in [2.05, 4.69) is 33.8 Å². The lowest BCUT2D eigenvalue weighted by Gasteiger charge is -2.24. The van der Waals surface area contributed by atoms with Gasteiger partial charge < -0.3 is 10.2 Å². The first-order chi connectivity index (χ1) is 8.32. The van der Waals surface area contributed by atoms with Crippen molar-refractivity contribution in [1.29, 1.82) is 0 Å². The minimum absolute atomic E-state index is 0.242. The van der Waals surface area contributed by atoms with E-state index in [0.717, 1.165) is 11.1 Å². The lowest BCUT2D eigenvalue weighted by molar-refractivity contribution is -0.113. The van der Waals surface area contributed by atoms with Crippen LogP contribution >= 0.6 is 0 Å². The van der Waals surface area contributed by atoms with E-state index in [4.69, 9.17) is 0 Å². The molecule has 1 aromatic rings. The lowest BCUT2D eigenvalue weighted by atomic mass is 9.86. The van der Waals surface area contributed by atoms with E-state index < -0.39 is 5.79 Å². The van der Waals surface area contributed by atoms with Crippen LogP contribution in [0, 0.1) is 27.7 Å². The van der Waals surface area contributed by atoms with Gasteiger partial charge in [-0.3, -0.25) is 0 Å². The van der Waals surface area contributed by atoms with E-state index in [1.165, 1.54) is 28.3 Å². The van der Waals surface area contributed by atoms with Crippen LogP contribution in [0.15, 0.2) is 24.3 Å². The van der Waals surface area contributed by atoms with Crippen molar-refractivity contribution in [3.05, 3.63) is 52.1 Å². The van der Waals surface area contributed by atoms with Crippen molar-refractivity contribution in [2.45, 2.75) is 39.9 Å². The Morgan fingerprint density at radius 3 is 2.28 bits per heavy atom. The van der Waals surface area contributed by atoms with Crippen LogP contribution < -0.4 is 0 Å². The molecule has 0 saturated carbocycles. The summed E-state index contributed by atoms with van der Waals surface area (Å²) >= 11 is 0. The molecule has 0 aliphatic heterocycles. The van der Waals surface area contributed by atoms with Gasteiger partial charge in [-0.2, -0.15) is 0 Å². The first kappa shape index (κ1) is 13.1. The van der Waals surface area contributed by atoms with Crippen molar-refractivity contribution >= 4 is 5.57 Å². The molecule has 0 bridgehead atoms. The molecule has 0 radical (unpaired) electrons. The molecule has 96 valence electrons. The number of allylic oxidation sites excluding steroid dienone is 2. The van der Waals surface area contributed by atoms with Crippen molar-refractivity contribution in [2.24, 2.45) is 0 Å². The van der Waals surface area contributed by atoms with Crippen molar-refractivity contribution < 1.29 is 10.2 Å². The molecule has 0 fully saturated rings. The molecule has 0 saturated heterocycles. The van der Waals surface area contributed by atoms with Gasteiger partial charge in [0.05, 0.1) is 0 Å². The Bertz CT molecular complexity index is 549. The Morgan fingerprint density at radius 2 is 1.67 bits per heavy atom. The van der Waals surface area contributed by atoms with Gasteiger partial charge in [0, 0.05) is 6.42 Å². The second-order valence-corrected chi connectivity index (χ2v) is 5.22. The fourth-order valence-corrected chi connectivity index (χ4v) is 2.45. The third-order valence-corrected chi connectivity index (χ3v) is 3.94. The highest BCUT2D eigenvalue weighted by atomic mass is 16.5. The van der Waals surface area contributed by atoms with Crippen molar-refractivity contribution in [1.82, 2.24) is 0 Å². The predicted octanol–water partition coefficient (Wildman–Crippen LogP) is 2.94. The number of aryl methyl sites for hydroxylation is 1. The number of hydrogen-bond acceptors (Lipinski definition) is 2. The third kappa shape index (κ3) is 2.26. The lowest BCUT2D eigenvalue weighted by Crippen LogP contribution is -2.26. The average Bonchev–Trinajstić information content (AvgIpc) is 2.30. The zero-order valence-corrected chi connectivity index (χ0v) is 11.4. The molecule has 2 heteroatoms. The summed E-state index contributed by atoms with van der Waals surface area (Å²) in [6.45, 7) is 8.42. The van der Waals surface area contributed by atoms with Crippen molar-refractivity contribution in [2.75, 3.05) is 0 Å². The molecule has 2 N–H and O–H groups in total. The quantitative estimate of drug-likeness (QED) is 0.746. The van der Waals surface area contributed by atoms with Crippen LogP contribution in [0.1, 0.15) is 34.2 Å². The molecule has 2 rings (SSSR count). The summed E-state index contributed by atoms with van der Waals surface area (Å²) in [6.07, 6.45) is 5.33. The van der Waals surface area contributed by atoms with E-state index >= 15 is 0 Å². The van der Waals surface area contributed by atoms with E-state index in [9.17, 15) is 10.2 Å². The maximum absolute atomic E-state index is 9.72. The molecule has 0 unspecified atom stereocenters. The number of aliphatic hydroxyl groups is 2. The van der Waals surface area contributed by atoms with Gasteiger partial charge in [-0.25, -0.2) is 0 Å². The van der Waals surface area contributed by atoms with Gasteiger partial charge in [-0.1, -0.05) is 18.2 Å². The molecule has 2 nitrogen and oxygen atoms in total. The minimum atomic E-state index is -1.72. The van der Waals surface area contributed by atoms with Crippen molar-refractivity contribution in [3.63, 3.8) is 0 Å². The first-order valence-electron chi connectivity index (χ1n) is 6.23. The molecular formula is C16H20O2. The molecule has 0 atom stereocenters. The molecule has 1 aromatic carbocycles. The zero-order valence-electron chi connectivity index (χ0n) is 11.4. The smallest absolute Gasteiger partial charge is 0.187 e. The van der Waals surface area contributed by atoms with Gasteiger partial charge in [-0.05, 0) is 67.2 Å². The highest BCUT2D eigenvalue weighted by Crippen LogP contribution is 2.33. The molecule has 0 spiro atoms. The average molecular weight is 244 g/mol. The zero-order chi connectivity index (χ0) is 13.5. The molecule has 1 aliphatic carbocycles. The fraction of sp³-hybridized carbons (Fsp3) is 0.375. The second kappa shape index (κ2) is 4.38. The van der Waals surface area contributed by atoms with Crippen molar-refractivity contribution in [3.8, 4) is 0 Å². The SMILES string of the molecule is Cc1cc(C2=CC=CC(O)(O)C2)c(C)c(C)c1C. The maximum atomic E-state index is 9.72. The molecule has 0 aromatic heterocycles. The Morgan fingerprint density at radius 1 is 1.00 bits per heavy atom. The van der Waals surface area contributed by atoms with Crippen LogP contribution in [-0.2, 0) is 0 Å². The summed E-state index contributed by atoms with van der Waals surface area (Å²) in [5, 5.41) is 19.4. The minimum Gasteiger partial charge on any atom is -0.362 e.